The third-order valence-corrected chi connectivity index (χ3v) is 3.76. The van der Waals surface area contributed by atoms with Crippen LogP contribution >= 0.6 is 12.2 Å². The molecule has 0 aliphatic heterocycles. The van der Waals surface area contributed by atoms with E-state index in [1.165, 1.54) is 0 Å². The van der Waals surface area contributed by atoms with E-state index in [2.05, 4.69) is 20.6 Å². The van der Waals surface area contributed by atoms with Crippen molar-refractivity contribution in [1.29, 1.82) is 0 Å². The quantitative estimate of drug-likeness (QED) is 0.300. The van der Waals surface area contributed by atoms with Gasteiger partial charge in [0.2, 0.25) is 0 Å². The van der Waals surface area contributed by atoms with Gasteiger partial charge in [0.05, 0.1) is 6.61 Å². The van der Waals surface area contributed by atoms with Gasteiger partial charge in [0.25, 0.3) is 0 Å². The second-order valence-corrected chi connectivity index (χ2v) is 6.26. The predicted octanol–water partition coefficient (Wildman–Crippen LogP) is 2.27. The van der Waals surface area contributed by atoms with E-state index in [9.17, 15) is 0 Å². The van der Waals surface area contributed by atoms with Crippen molar-refractivity contribution < 1.29 is 4.74 Å². The maximum Gasteiger partial charge on any atom is 0.199 e. The molecule has 0 aliphatic carbocycles. The number of pyridine rings is 1. The van der Waals surface area contributed by atoms with Crippen LogP contribution in [0.25, 0.3) is 0 Å². The molecule has 1 atom stereocenters. The molecule has 6 nitrogen and oxygen atoms in total. The van der Waals surface area contributed by atoms with Crippen molar-refractivity contribution in [2.75, 3.05) is 6.54 Å². The summed E-state index contributed by atoms with van der Waals surface area (Å²) in [4.78, 5) is 8.88. The first-order valence-electron chi connectivity index (χ1n) is 8.48. The number of nitrogens with one attached hydrogen (secondary N) is 2. The summed E-state index contributed by atoms with van der Waals surface area (Å²) in [7, 11) is 0. The minimum absolute atomic E-state index is 0.153. The van der Waals surface area contributed by atoms with E-state index in [-0.39, 0.29) is 11.3 Å². The monoisotopic (exact) mass is 371 g/mol. The van der Waals surface area contributed by atoms with Gasteiger partial charge in [-0.15, -0.1) is 0 Å². The average Bonchev–Trinajstić information content (AvgIpc) is 2.62. The van der Waals surface area contributed by atoms with Gasteiger partial charge in [0.1, 0.15) is 6.23 Å². The van der Waals surface area contributed by atoms with Crippen molar-refractivity contribution in [2.45, 2.75) is 33.1 Å². The molecule has 0 saturated heterocycles. The lowest BCUT2D eigenvalue weighted by molar-refractivity contribution is 0.0431. The topological polar surface area (TPSA) is 84.6 Å². The Morgan fingerprint density at radius 2 is 2.04 bits per heavy atom. The molecule has 0 aliphatic rings. The molecule has 1 heterocycles. The molecular formula is C19H25N5OS. The molecule has 2 rings (SSSR count). The summed E-state index contributed by atoms with van der Waals surface area (Å²) < 4.78 is 5.80. The largest absolute Gasteiger partial charge is 0.376 e. The highest BCUT2D eigenvalue weighted by molar-refractivity contribution is 7.80. The molecule has 0 saturated carbocycles. The molecule has 4 N–H and O–H groups in total. The maximum absolute atomic E-state index is 5.80. The SMILES string of the molecule is Cc1cccnc1CCN=C(NC(N)=S)NC(C)OCc1ccccc1. The van der Waals surface area contributed by atoms with Crippen LogP contribution in [0.1, 0.15) is 23.7 Å². The Morgan fingerprint density at radius 1 is 1.27 bits per heavy atom. The number of hydrogen-bond donors (Lipinski definition) is 3. The summed E-state index contributed by atoms with van der Waals surface area (Å²) in [5, 5.41) is 6.16. The molecule has 0 bridgehead atoms. The number of benzene rings is 1. The molecule has 0 amide bonds. The van der Waals surface area contributed by atoms with Crippen LogP contribution in [-0.2, 0) is 17.8 Å². The van der Waals surface area contributed by atoms with Gasteiger partial charge in [-0.05, 0) is 43.3 Å². The van der Waals surface area contributed by atoms with Crippen molar-refractivity contribution in [3.63, 3.8) is 0 Å². The van der Waals surface area contributed by atoms with Gasteiger partial charge in [-0.1, -0.05) is 36.4 Å². The van der Waals surface area contributed by atoms with E-state index in [4.69, 9.17) is 22.7 Å². The number of nitrogens with two attached hydrogens (primary N) is 1. The van der Waals surface area contributed by atoms with E-state index in [1.54, 1.807) is 6.20 Å². The standard InChI is InChI=1S/C19H25N5OS/c1-14-7-6-11-21-17(14)10-12-22-19(24-18(20)26)23-15(2)25-13-16-8-4-3-5-9-16/h3-9,11,15H,10,12-13H2,1-2H3,(H4,20,22,23,24,26). The van der Waals surface area contributed by atoms with Gasteiger partial charge in [-0.3, -0.25) is 9.98 Å². The fourth-order valence-corrected chi connectivity index (χ4v) is 2.42. The van der Waals surface area contributed by atoms with Crippen LogP contribution < -0.4 is 16.4 Å². The Labute approximate surface area is 159 Å². The minimum Gasteiger partial charge on any atom is -0.376 e. The molecule has 1 aromatic carbocycles. The van der Waals surface area contributed by atoms with E-state index in [1.807, 2.05) is 56.3 Å². The van der Waals surface area contributed by atoms with Crippen molar-refractivity contribution in [3.8, 4) is 0 Å². The zero-order chi connectivity index (χ0) is 18.8. The molecular weight excluding hydrogens is 346 g/mol. The first kappa shape index (κ1) is 19.8. The fraction of sp³-hybridized carbons (Fsp3) is 0.316. The van der Waals surface area contributed by atoms with E-state index >= 15 is 0 Å². The number of aryl methyl sites for hydroxylation is 1. The summed E-state index contributed by atoms with van der Waals surface area (Å²) in [6.45, 7) is 5.00. The van der Waals surface area contributed by atoms with Crippen molar-refractivity contribution in [3.05, 3.63) is 65.5 Å². The zero-order valence-corrected chi connectivity index (χ0v) is 15.9. The number of thiocarbonyl (C=S) groups is 1. The number of aliphatic imine (C=N–C) groups is 1. The van der Waals surface area contributed by atoms with E-state index in [0.29, 0.717) is 19.1 Å². The maximum atomic E-state index is 5.80. The normalized spacial score (nSPS) is 12.5. The molecule has 0 radical (unpaired) electrons. The molecule has 7 heteroatoms. The van der Waals surface area contributed by atoms with Crippen LogP contribution in [0.15, 0.2) is 53.7 Å². The first-order valence-corrected chi connectivity index (χ1v) is 8.89. The molecule has 26 heavy (non-hydrogen) atoms. The predicted molar refractivity (Wildman–Crippen MR) is 109 cm³/mol. The van der Waals surface area contributed by atoms with Gasteiger partial charge in [-0.25, -0.2) is 0 Å². The summed E-state index contributed by atoms with van der Waals surface area (Å²) in [5.41, 5.74) is 8.87. The van der Waals surface area contributed by atoms with Crippen LogP contribution in [0, 0.1) is 6.92 Å². The second-order valence-electron chi connectivity index (χ2n) is 5.82. The highest BCUT2D eigenvalue weighted by Gasteiger charge is 2.07. The van der Waals surface area contributed by atoms with Crippen LogP contribution in [0.5, 0.6) is 0 Å². The Balaban J connectivity index is 1.88. The highest BCUT2D eigenvalue weighted by atomic mass is 32.1. The minimum atomic E-state index is -0.257. The first-order chi connectivity index (χ1) is 12.5. The summed E-state index contributed by atoms with van der Waals surface area (Å²) in [6.07, 6.45) is 2.26. The third-order valence-electron chi connectivity index (χ3n) is 3.66. The molecule has 0 spiro atoms. The van der Waals surface area contributed by atoms with Gasteiger partial charge in [-0.2, -0.15) is 0 Å². The van der Waals surface area contributed by atoms with Crippen LogP contribution in [-0.4, -0.2) is 28.8 Å². The van der Waals surface area contributed by atoms with Gasteiger partial charge >= 0.3 is 0 Å². The number of hydrogen-bond acceptors (Lipinski definition) is 4. The lowest BCUT2D eigenvalue weighted by atomic mass is 10.2. The molecule has 1 aromatic heterocycles. The molecule has 0 fully saturated rings. The fourth-order valence-electron chi connectivity index (χ4n) is 2.32. The number of guanidine groups is 1. The Morgan fingerprint density at radius 3 is 2.73 bits per heavy atom. The van der Waals surface area contributed by atoms with E-state index < -0.39 is 0 Å². The van der Waals surface area contributed by atoms with Crippen LogP contribution in [0.2, 0.25) is 0 Å². The number of rotatable bonds is 7. The van der Waals surface area contributed by atoms with Gasteiger partial charge < -0.3 is 21.1 Å². The average molecular weight is 372 g/mol. The summed E-state index contributed by atoms with van der Waals surface area (Å²) >= 11 is 4.92. The zero-order valence-electron chi connectivity index (χ0n) is 15.1. The lowest BCUT2D eigenvalue weighted by Gasteiger charge is -2.18. The number of ether oxygens (including phenoxy) is 1. The summed E-state index contributed by atoms with van der Waals surface area (Å²) in [5.74, 6) is 0.492. The smallest absolute Gasteiger partial charge is 0.199 e. The van der Waals surface area contributed by atoms with Crippen LogP contribution in [0.4, 0.5) is 0 Å². The lowest BCUT2D eigenvalue weighted by Crippen LogP contribution is -2.47. The van der Waals surface area contributed by atoms with Crippen molar-refractivity contribution in [1.82, 2.24) is 15.6 Å². The summed E-state index contributed by atoms with van der Waals surface area (Å²) in [6, 6.07) is 13.9. The molecule has 1 unspecified atom stereocenters. The Hall–Kier alpha value is -2.51. The molecule has 138 valence electrons. The Bertz CT molecular complexity index is 736. The highest BCUT2D eigenvalue weighted by Crippen LogP contribution is 2.04. The second kappa shape index (κ2) is 10.5. The Kier molecular flexibility index (Phi) is 7.98. The van der Waals surface area contributed by atoms with Crippen LogP contribution in [0.3, 0.4) is 0 Å². The molecule has 2 aromatic rings. The van der Waals surface area contributed by atoms with E-state index in [0.717, 1.165) is 23.2 Å². The number of nitrogens with zero attached hydrogens (tertiary/aromatic N) is 2. The number of aromatic nitrogens is 1. The van der Waals surface area contributed by atoms with Gasteiger partial charge in [0.15, 0.2) is 11.1 Å². The third kappa shape index (κ3) is 7.16. The van der Waals surface area contributed by atoms with Gasteiger partial charge in [0, 0.05) is 24.9 Å². The van der Waals surface area contributed by atoms with Crippen molar-refractivity contribution in [2.24, 2.45) is 10.7 Å². The van der Waals surface area contributed by atoms with Crippen molar-refractivity contribution >= 4 is 23.3 Å².